The van der Waals surface area contributed by atoms with E-state index >= 15 is 0 Å². The molecule has 0 saturated heterocycles. The van der Waals surface area contributed by atoms with E-state index in [1.807, 2.05) is 18.2 Å². The van der Waals surface area contributed by atoms with E-state index in [2.05, 4.69) is 28.1 Å². The summed E-state index contributed by atoms with van der Waals surface area (Å²) in [6.07, 6.45) is 5.08. The lowest BCUT2D eigenvalue weighted by Gasteiger charge is -2.26. The van der Waals surface area contributed by atoms with Gasteiger partial charge in [-0.05, 0) is 72.7 Å². The van der Waals surface area contributed by atoms with Gasteiger partial charge in [-0.3, -0.25) is 9.69 Å². The van der Waals surface area contributed by atoms with Crippen LogP contribution in [-0.2, 0) is 6.42 Å². The van der Waals surface area contributed by atoms with Crippen molar-refractivity contribution in [3.63, 3.8) is 0 Å². The van der Waals surface area contributed by atoms with E-state index in [-0.39, 0.29) is 11.4 Å². The second-order valence-electron chi connectivity index (χ2n) is 7.25. The number of nitrogens with one attached hydrogen (secondary N) is 1. The van der Waals surface area contributed by atoms with Crippen LogP contribution in [0.4, 0.5) is 4.39 Å². The van der Waals surface area contributed by atoms with Gasteiger partial charge in [-0.2, -0.15) is 0 Å². The van der Waals surface area contributed by atoms with Crippen LogP contribution in [0.2, 0.25) is 5.02 Å². The summed E-state index contributed by atoms with van der Waals surface area (Å²) in [5.41, 5.74) is 3.30. The highest BCUT2D eigenvalue weighted by molar-refractivity contribution is 6.30. The zero-order chi connectivity index (χ0) is 19.5. The maximum Gasteiger partial charge on any atom is 0.256 e. The normalized spacial score (nSPS) is 15.0. The number of aryl methyl sites for hydroxylation is 1. The topological polar surface area (TPSA) is 36.1 Å². The Balaban J connectivity index is 1.33. The molecule has 0 atom stereocenters. The molecule has 3 nitrogen and oxygen atoms in total. The van der Waals surface area contributed by atoms with E-state index in [1.165, 1.54) is 23.3 Å². The van der Waals surface area contributed by atoms with E-state index < -0.39 is 0 Å². The summed E-state index contributed by atoms with van der Waals surface area (Å²) in [5.74, 6) is -0.387. The molecule has 28 heavy (non-hydrogen) atoms. The van der Waals surface area contributed by atoms with Gasteiger partial charge in [-0.1, -0.05) is 35.9 Å². The van der Waals surface area contributed by atoms with E-state index in [4.69, 9.17) is 11.6 Å². The van der Waals surface area contributed by atoms with Crippen LogP contribution in [0.25, 0.3) is 16.3 Å². The molecule has 0 aliphatic carbocycles. The predicted octanol–water partition coefficient (Wildman–Crippen LogP) is 5.04. The van der Waals surface area contributed by atoms with E-state index in [1.54, 1.807) is 6.07 Å². The van der Waals surface area contributed by atoms with Crippen LogP contribution in [0.3, 0.4) is 0 Å². The number of aromatic nitrogens is 1. The molecule has 2 heterocycles. The fourth-order valence-corrected chi connectivity index (χ4v) is 3.88. The minimum atomic E-state index is -0.387. The lowest BCUT2D eigenvalue weighted by atomic mass is 9.99. The van der Waals surface area contributed by atoms with Crippen molar-refractivity contribution < 1.29 is 4.39 Å². The molecule has 1 aromatic heterocycles. The molecule has 0 unspecified atom stereocenters. The zero-order valence-electron chi connectivity index (χ0n) is 15.6. The molecule has 1 N–H and O–H groups in total. The van der Waals surface area contributed by atoms with Crippen molar-refractivity contribution in [2.75, 3.05) is 19.6 Å². The molecule has 5 heteroatoms. The first-order valence-electron chi connectivity index (χ1n) is 9.57. The average molecular weight is 397 g/mol. The standard InChI is InChI=1S/C23H22ClFN2O/c24-19-6-3-16(4-7-19)17-9-12-27(13-10-17)11-1-2-21-14-18-5-8-20(25)15-22(18)23(28)26-21/h3-9,14-15H,1-2,10-13H2,(H,26,28). The molecule has 0 fully saturated rings. The van der Waals surface area contributed by atoms with Gasteiger partial charge in [0.2, 0.25) is 0 Å². The van der Waals surface area contributed by atoms with Crippen LogP contribution >= 0.6 is 11.6 Å². The van der Waals surface area contributed by atoms with Gasteiger partial charge in [-0.25, -0.2) is 4.39 Å². The van der Waals surface area contributed by atoms with Gasteiger partial charge in [0.1, 0.15) is 5.82 Å². The van der Waals surface area contributed by atoms with Crippen LogP contribution in [0.15, 0.2) is 59.4 Å². The fourth-order valence-electron chi connectivity index (χ4n) is 3.76. The summed E-state index contributed by atoms with van der Waals surface area (Å²) in [6.45, 7) is 2.95. The molecular weight excluding hydrogens is 375 g/mol. The van der Waals surface area contributed by atoms with Crippen LogP contribution in [0.1, 0.15) is 24.1 Å². The Morgan fingerprint density at radius 2 is 1.93 bits per heavy atom. The van der Waals surface area contributed by atoms with Crippen molar-refractivity contribution in [2.45, 2.75) is 19.3 Å². The number of rotatable bonds is 5. The molecule has 2 aromatic carbocycles. The second-order valence-corrected chi connectivity index (χ2v) is 7.68. The molecule has 0 bridgehead atoms. The Hall–Kier alpha value is -2.43. The van der Waals surface area contributed by atoms with Crippen molar-refractivity contribution in [1.82, 2.24) is 9.88 Å². The van der Waals surface area contributed by atoms with Crippen LogP contribution < -0.4 is 5.56 Å². The lowest BCUT2D eigenvalue weighted by molar-refractivity contribution is 0.297. The number of hydrogen-bond acceptors (Lipinski definition) is 2. The Kier molecular flexibility index (Phi) is 5.60. The molecule has 3 aromatic rings. The summed E-state index contributed by atoms with van der Waals surface area (Å²) in [5, 5.41) is 1.95. The van der Waals surface area contributed by atoms with Crippen molar-refractivity contribution in [3.8, 4) is 0 Å². The van der Waals surface area contributed by atoms with Crippen LogP contribution in [-0.4, -0.2) is 29.5 Å². The maximum absolute atomic E-state index is 13.3. The third kappa shape index (κ3) is 4.34. The van der Waals surface area contributed by atoms with E-state index in [9.17, 15) is 9.18 Å². The molecule has 0 radical (unpaired) electrons. The van der Waals surface area contributed by atoms with Gasteiger partial charge in [0.05, 0.1) is 0 Å². The van der Waals surface area contributed by atoms with Gasteiger partial charge < -0.3 is 4.98 Å². The first-order valence-corrected chi connectivity index (χ1v) is 9.95. The minimum absolute atomic E-state index is 0.222. The predicted molar refractivity (Wildman–Crippen MR) is 113 cm³/mol. The summed E-state index contributed by atoms with van der Waals surface area (Å²) in [7, 11) is 0. The van der Waals surface area contributed by atoms with Crippen LogP contribution in [0.5, 0.6) is 0 Å². The summed E-state index contributed by atoms with van der Waals surface area (Å²) >= 11 is 5.96. The molecule has 4 rings (SSSR count). The highest BCUT2D eigenvalue weighted by Crippen LogP contribution is 2.24. The Morgan fingerprint density at radius 1 is 1.11 bits per heavy atom. The Labute approximate surface area is 168 Å². The first-order chi connectivity index (χ1) is 13.6. The molecule has 0 amide bonds. The molecule has 1 aliphatic rings. The van der Waals surface area contributed by atoms with E-state index in [0.29, 0.717) is 5.39 Å². The SMILES string of the molecule is O=c1[nH]c(CCCN2CC=C(c3ccc(Cl)cc3)CC2)cc2ccc(F)cc12. The first kappa shape index (κ1) is 18.9. The highest BCUT2D eigenvalue weighted by Gasteiger charge is 2.13. The summed E-state index contributed by atoms with van der Waals surface area (Å²) in [4.78, 5) is 17.5. The largest absolute Gasteiger partial charge is 0.326 e. The van der Waals surface area contributed by atoms with Crippen molar-refractivity contribution >= 4 is 27.9 Å². The number of benzene rings is 2. The fraction of sp³-hybridized carbons (Fsp3) is 0.261. The van der Waals surface area contributed by atoms with Gasteiger partial charge in [0, 0.05) is 29.2 Å². The summed E-state index contributed by atoms with van der Waals surface area (Å²) in [6, 6.07) is 14.3. The number of pyridine rings is 1. The third-order valence-electron chi connectivity index (χ3n) is 5.29. The van der Waals surface area contributed by atoms with Crippen molar-refractivity contribution in [2.24, 2.45) is 0 Å². The number of fused-ring (bicyclic) bond motifs is 1. The van der Waals surface area contributed by atoms with Gasteiger partial charge in [0.15, 0.2) is 0 Å². The lowest BCUT2D eigenvalue weighted by Crippen LogP contribution is -2.29. The molecule has 0 spiro atoms. The second kappa shape index (κ2) is 8.29. The average Bonchev–Trinajstić information content (AvgIpc) is 2.70. The number of nitrogens with zero attached hydrogens (tertiary/aromatic N) is 1. The van der Waals surface area contributed by atoms with Crippen molar-refractivity contribution in [3.05, 3.63) is 87.1 Å². The monoisotopic (exact) mass is 396 g/mol. The minimum Gasteiger partial charge on any atom is -0.326 e. The number of aromatic amines is 1. The molecular formula is C23H22ClFN2O. The van der Waals surface area contributed by atoms with Crippen LogP contribution in [0, 0.1) is 5.82 Å². The quantitative estimate of drug-likeness (QED) is 0.655. The van der Waals surface area contributed by atoms with Crippen molar-refractivity contribution in [1.29, 1.82) is 0 Å². The number of H-pyrrole nitrogens is 1. The molecule has 0 saturated carbocycles. The number of halogens is 2. The Bertz CT molecular complexity index is 1070. The molecule has 1 aliphatic heterocycles. The van der Waals surface area contributed by atoms with Gasteiger partial charge in [-0.15, -0.1) is 0 Å². The zero-order valence-corrected chi connectivity index (χ0v) is 16.3. The molecule has 144 valence electrons. The Morgan fingerprint density at radius 3 is 2.68 bits per heavy atom. The van der Waals surface area contributed by atoms with Gasteiger partial charge in [0.25, 0.3) is 5.56 Å². The van der Waals surface area contributed by atoms with Gasteiger partial charge >= 0.3 is 0 Å². The van der Waals surface area contributed by atoms with E-state index in [0.717, 1.165) is 55.0 Å². The number of hydrogen-bond donors (Lipinski definition) is 1. The maximum atomic E-state index is 13.3. The smallest absolute Gasteiger partial charge is 0.256 e. The third-order valence-corrected chi connectivity index (χ3v) is 5.54. The summed E-state index contributed by atoms with van der Waals surface area (Å²) < 4.78 is 13.3. The highest BCUT2D eigenvalue weighted by atomic mass is 35.5.